The van der Waals surface area contributed by atoms with Gasteiger partial charge in [-0.05, 0) is 0 Å². The van der Waals surface area contributed by atoms with Crippen LogP contribution >= 0.6 is 11.6 Å². The van der Waals surface area contributed by atoms with E-state index < -0.39 is 29.7 Å². The first kappa shape index (κ1) is 14.1. The highest BCUT2D eigenvalue weighted by Gasteiger charge is 2.75. The molecule has 0 N–H and O–H groups in total. The van der Waals surface area contributed by atoms with E-state index in [1.54, 1.807) is 0 Å². The summed E-state index contributed by atoms with van der Waals surface area (Å²) in [6, 6.07) is 0.243. The molecule has 0 radical (unpaired) electrons. The second-order valence-corrected chi connectivity index (χ2v) is 3.23. The Morgan fingerprint density at radius 2 is 1.65 bits per heavy atom. The third-order valence-corrected chi connectivity index (χ3v) is 2.03. The number of hydrogen-bond donors (Lipinski definition) is 0. The van der Waals surface area contributed by atoms with Gasteiger partial charge in [0.15, 0.2) is 0 Å². The van der Waals surface area contributed by atoms with E-state index in [-0.39, 0.29) is 11.8 Å². The molecule has 0 unspecified atom stereocenters. The fourth-order valence-corrected chi connectivity index (χ4v) is 0.981. The second kappa shape index (κ2) is 4.04. The third-order valence-electron chi connectivity index (χ3n) is 1.76. The van der Waals surface area contributed by atoms with E-state index in [1.165, 1.54) is 0 Å². The van der Waals surface area contributed by atoms with Gasteiger partial charge in [-0.25, -0.2) is 0 Å². The Labute approximate surface area is 94.3 Å². The first-order valence-corrected chi connectivity index (χ1v) is 4.42. The summed E-state index contributed by atoms with van der Waals surface area (Å²) in [6.45, 7) is 0. The van der Waals surface area contributed by atoms with E-state index in [1.807, 2.05) is 0 Å². The summed E-state index contributed by atoms with van der Waals surface area (Å²) in [4.78, 5) is 0. The van der Waals surface area contributed by atoms with Crippen LogP contribution in [0.3, 0.4) is 0 Å². The van der Waals surface area contributed by atoms with Crippen LogP contribution in [0.1, 0.15) is 11.5 Å². The van der Waals surface area contributed by atoms with Gasteiger partial charge in [0.1, 0.15) is 0 Å². The zero-order valence-electron chi connectivity index (χ0n) is 7.66. The number of hydrogen-bond acceptors (Lipinski definition) is 2. The molecule has 1 aromatic heterocycles. The van der Waals surface area contributed by atoms with Crippen molar-refractivity contribution in [1.29, 1.82) is 0 Å². The van der Waals surface area contributed by atoms with Crippen molar-refractivity contribution in [3.63, 3.8) is 0 Å². The maximum Gasteiger partial charge on any atom is 0.460 e. The lowest BCUT2D eigenvalue weighted by molar-refractivity contribution is -0.363. The molecule has 0 amide bonds. The van der Waals surface area contributed by atoms with Crippen molar-refractivity contribution in [2.24, 2.45) is 0 Å². The van der Waals surface area contributed by atoms with Crippen LogP contribution < -0.4 is 0 Å². The van der Waals surface area contributed by atoms with Gasteiger partial charge >= 0.3 is 18.0 Å². The number of aromatic nitrogens is 1. The quantitative estimate of drug-likeness (QED) is 0.625. The summed E-state index contributed by atoms with van der Waals surface area (Å²) in [7, 11) is 0. The van der Waals surface area contributed by atoms with E-state index in [9.17, 15) is 30.7 Å². The van der Waals surface area contributed by atoms with Crippen LogP contribution in [-0.2, 0) is 11.8 Å². The molecule has 10 heteroatoms. The minimum absolute atomic E-state index is 0.243. The van der Waals surface area contributed by atoms with Gasteiger partial charge in [-0.15, -0.1) is 11.6 Å². The predicted molar refractivity (Wildman–Crippen MR) is 41.0 cm³/mol. The summed E-state index contributed by atoms with van der Waals surface area (Å²) in [5, 5.41) is 2.81. The van der Waals surface area contributed by atoms with Crippen molar-refractivity contribution in [2.75, 3.05) is 0 Å². The van der Waals surface area contributed by atoms with E-state index in [0.29, 0.717) is 0 Å². The van der Waals surface area contributed by atoms with Crippen molar-refractivity contribution in [3.8, 4) is 0 Å². The first-order valence-electron chi connectivity index (χ1n) is 3.88. The first-order chi connectivity index (χ1) is 7.54. The van der Waals surface area contributed by atoms with Crippen LogP contribution in [0.2, 0.25) is 0 Å². The molecule has 0 aliphatic carbocycles. The Balaban J connectivity index is 3.18. The molecule has 1 heterocycles. The maximum atomic E-state index is 12.9. The average Bonchev–Trinajstić information content (AvgIpc) is 2.64. The largest absolute Gasteiger partial charge is 0.460 e. The summed E-state index contributed by atoms with van der Waals surface area (Å²) in [5.41, 5.74) is -0.376. The molecule has 2 nitrogen and oxygen atoms in total. The monoisotopic (exact) mass is 285 g/mol. The van der Waals surface area contributed by atoms with Crippen LogP contribution in [0.5, 0.6) is 0 Å². The normalized spacial score (nSPS) is 14.1. The van der Waals surface area contributed by atoms with Gasteiger partial charge in [0.25, 0.3) is 0 Å². The zero-order chi connectivity index (χ0) is 13.5. The van der Waals surface area contributed by atoms with Crippen molar-refractivity contribution < 1.29 is 35.3 Å². The highest BCUT2D eigenvalue weighted by molar-refractivity contribution is 6.16. The predicted octanol–water partition coefficient (Wildman–Crippen LogP) is 3.70. The Morgan fingerprint density at radius 3 is 2.00 bits per heavy atom. The molecule has 1 rings (SSSR count). The minimum Gasteiger partial charge on any atom is -0.354 e. The molecular weight excluding hydrogens is 283 g/mol. The molecular formula is C7H3ClF7NO. The second-order valence-electron chi connectivity index (χ2n) is 2.96. The van der Waals surface area contributed by atoms with Crippen LogP contribution in [0.15, 0.2) is 10.6 Å². The Morgan fingerprint density at radius 1 is 1.12 bits per heavy atom. The van der Waals surface area contributed by atoms with Gasteiger partial charge < -0.3 is 4.52 Å². The SMILES string of the molecule is FC(F)(F)C(F)(F)C(F)(F)c1cc(CCl)no1. The Hall–Kier alpha value is -0.990. The topological polar surface area (TPSA) is 26.0 Å². The summed E-state index contributed by atoms with van der Waals surface area (Å²) >= 11 is 5.12. The van der Waals surface area contributed by atoms with Gasteiger partial charge in [0.05, 0.1) is 11.6 Å². The minimum atomic E-state index is -6.41. The standard InChI is InChI=1S/C7H3ClF7NO/c8-2-3-1-4(17-16-3)5(9,10)6(11,12)7(13,14)15/h1H,2H2. The van der Waals surface area contributed by atoms with Crippen LogP contribution in [0, 0.1) is 0 Å². The van der Waals surface area contributed by atoms with E-state index in [4.69, 9.17) is 11.6 Å². The molecule has 17 heavy (non-hydrogen) atoms. The smallest absolute Gasteiger partial charge is 0.354 e. The maximum absolute atomic E-state index is 12.9. The van der Waals surface area contributed by atoms with Crippen LogP contribution in [0.25, 0.3) is 0 Å². The van der Waals surface area contributed by atoms with Crippen molar-refractivity contribution in [3.05, 3.63) is 17.5 Å². The molecule has 0 aliphatic rings. The lowest BCUT2D eigenvalue weighted by atomic mass is 10.1. The molecule has 1 aromatic rings. The summed E-state index contributed by atoms with van der Waals surface area (Å²) in [5.74, 6) is -14.2. The van der Waals surface area contributed by atoms with Crippen molar-refractivity contribution in [2.45, 2.75) is 23.9 Å². The summed E-state index contributed by atoms with van der Waals surface area (Å²) in [6.07, 6.45) is -6.41. The number of halogens is 8. The van der Waals surface area contributed by atoms with Gasteiger partial charge in [-0.1, -0.05) is 5.16 Å². The molecule has 0 fully saturated rings. The molecule has 0 saturated carbocycles. The Kier molecular flexibility index (Phi) is 3.34. The third kappa shape index (κ3) is 2.20. The molecule has 98 valence electrons. The molecule has 0 bridgehead atoms. The lowest BCUT2D eigenvalue weighted by Gasteiger charge is -2.25. The number of alkyl halides is 8. The van der Waals surface area contributed by atoms with Crippen LogP contribution in [0.4, 0.5) is 30.7 Å². The molecule has 0 saturated heterocycles. The fourth-order valence-electron chi connectivity index (χ4n) is 0.856. The number of nitrogens with zero attached hydrogens (tertiary/aromatic N) is 1. The van der Waals surface area contributed by atoms with E-state index in [2.05, 4.69) is 9.68 Å². The van der Waals surface area contributed by atoms with Crippen molar-refractivity contribution >= 4 is 11.6 Å². The van der Waals surface area contributed by atoms with E-state index >= 15 is 0 Å². The number of rotatable bonds is 3. The van der Waals surface area contributed by atoms with Gasteiger partial charge in [-0.3, -0.25) is 0 Å². The Bertz CT molecular complexity index is 399. The molecule has 0 spiro atoms. The van der Waals surface area contributed by atoms with Gasteiger partial charge in [-0.2, -0.15) is 30.7 Å². The highest BCUT2D eigenvalue weighted by Crippen LogP contribution is 2.51. The average molecular weight is 286 g/mol. The molecule has 0 aliphatic heterocycles. The van der Waals surface area contributed by atoms with Crippen molar-refractivity contribution in [1.82, 2.24) is 5.16 Å². The zero-order valence-corrected chi connectivity index (χ0v) is 8.42. The fraction of sp³-hybridized carbons (Fsp3) is 0.571. The highest BCUT2D eigenvalue weighted by atomic mass is 35.5. The van der Waals surface area contributed by atoms with Crippen LogP contribution in [-0.4, -0.2) is 17.3 Å². The summed E-state index contributed by atoms with van der Waals surface area (Å²) < 4.78 is 90.0. The van der Waals surface area contributed by atoms with Gasteiger partial charge in [0, 0.05) is 6.07 Å². The molecule has 0 aromatic carbocycles. The molecule has 0 atom stereocenters. The van der Waals surface area contributed by atoms with E-state index in [0.717, 1.165) is 0 Å². The lowest BCUT2D eigenvalue weighted by Crippen LogP contribution is -2.49. The van der Waals surface area contributed by atoms with Gasteiger partial charge in [0.2, 0.25) is 5.76 Å².